The molecule has 0 fully saturated rings. The van der Waals surface area contributed by atoms with Gasteiger partial charge in [-0.05, 0) is 30.2 Å². The number of benzene rings is 1. The smallest absolute Gasteiger partial charge is 0.146 e. The van der Waals surface area contributed by atoms with Crippen LogP contribution in [0.25, 0.3) is 0 Å². The van der Waals surface area contributed by atoms with Gasteiger partial charge in [-0.3, -0.25) is 0 Å². The fourth-order valence-corrected chi connectivity index (χ4v) is 2.19. The molecule has 90 valence electrons. The van der Waals surface area contributed by atoms with Crippen molar-refractivity contribution >= 4 is 18.3 Å². The van der Waals surface area contributed by atoms with E-state index in [0.29, 0.717) is 11.6 Å². The molecule has 16 heavy (non-hydrogen) atoms. The molecule has 1 rings (SSSR count). The molecule has 0 bridgehead atoms. The SMILES string of the molecule is CCCC(CS)CN(C)c1ccccc1F. The lowest BCUT2D eigenvalue weighted by atomic mass is 10.1. The van der Waals surface area contributed by atoms with Gasteiger partial charge in [0.1, 0.15) is 5.82 Å². The molecule has 1 aromatic carbocycles. The first kappa shape index (κ1) is 13.4. The summed E-state index contributed by atoms with van der Waals surface area (Å²) in [6.45, 7) is 3.03. The van der Waals surface area contributed by atoms with Crippen molar-refractivity contribution in [1.29, 1.82) is 0 Å². The highest BCUT2D eigenvalue weighted by molar-refractivity contribution is 7.80. The van der Waals surface area contributed by atoms with Crippen LogP contribution in [0.3, 0.4) is 0 Å². The van der Waals surface area contributed by atoms with E-state index in [2.05, 4.69) is 19.6 Å². The molecule has 0 radical (unpaired) electrons. The van der Waals surface area contributed by atoms with Crippen LogP contribution in [-0.2, 0) is 0 Å². The number of halogens is 1. The molecule has 0 spiro atoms. The van der Waals surface area contributed by atoms with Gasteiger partial charge in [0.2, 0.25) is 0 Å². The zero-order valence-corrected chi connectivity index (χ0v) is 10.9. The predicted molar refractivity (Wildman–Crippen MR) is 71.9 cm³/mol. The average Bonchev–Trinajstić information content (AvgIpc) is 2.28. The summed E-state index contributed by atoms with van der Waals surface area (Å²) < 4.78 is 13.5. The lowest BCUT2D eigenvalue weighted by molar-refractivity contribution is 0.527. The second-order valence-electron chi connectivity index (χ2n) is 4.17. The maximum atomic E-state index is 13.5. The zero-order chi connectivity index (χ0) is 12.0. The van der Waals surface area contributed by atoms with E-state index in [4.69, 9.17) is 0 Å². The molecule has 0 aromatic heterocycles. The Morgan fingerprint density at radius 1 is 1.38 bits per heavy atom. The van der Waals surface area contributed by atoms with E-state index in [1.165, 1.54) is 6.07 Å². The third kappa shape index (κ3) is 3.71. The molecular formula is C13H20FNS. The van der Waals surface area contributed by atoms with Gasteiger partial charge < -0.3 is 4.90 Å². The molecule has 1 unspecified atom stereocenters. The molecule has 0 aliphatic carbocycles. The van der Waals surface area contributed by atoms with Crippen molar-refractivity contribution in [3.63, 3.8) is 0 Å². The van der Waals surface area contributed by atoms with Gasteiger partial charge in [0, 0.05) is 13.6 Å². The van der Waals surface area contributed by atoms with Gasteiger partial charge in [0.25, 0.3) is 0 Å². The Morgan fingerprint density at radius 3 is 2.62 bits per heavy atom. The Hall–Kier alpha value is -0.700. The quantitative estimate of drug-likeness (QED) is 0.745. The third-order valence-corrected chi connectivity index (χ3v) is 3.27. The number of nitrogens with zero attached hydrogens (tertiary/aromatic N) is 1. The van der Waals surface area contributed by atoms with Crippen LogP contribution >= 0.6 is 12.6 Å². The maximum absolute atomic E-state index is 13.5. The summed E-state index contributed by atoms with van der Waals surface area (Å²) >= 11 is 4.34. The highest BCUT2D eigenvalue weighted by Gasteiger charge is 2.12. The van der Waals surface area contributed by atoms with Crippen molar-refractivity contribution in [2.45, 2.75) is 19.8 Å². The summed E-state index contributed by atoms with van der Waals surface area (Å²) in [7, 11) is 1.94. The monoisotopic (exact) mass is 241 g/mol. The Labute approximate surface area is 103 Å². The summed E-state index contributed by atoms with van der Waals surface area (Å²) in [6.07, 6.45) is 2.29. The highest BCUT2D eigenvalue weighted by Crippen LogP contribution is 2.19. The van der Waals surface area contributed by atoms with Gasteiger partial charge in [-0.25, -0.2) is 4.39 Å². The minimum atomic E-state index is -0.153. The third-order valence-electron chi connectivity index (χ3n) is 2.75. The first-order valence-electron chi connectivity index (χ1n) is 5.75. The second kappa shape index (κ2) is 6.79. The molecule has 3 heteroatoms. The number of hydrogen-bond donors (Lipinski definition) is 1. The molecule has 0 saturated carbocycles. The van der Waals surface area contributed by atoms with E-state index in [-0.39, 0.29) is 5.82 Å². The van der Waals surface area contributed by atoms with Gasteiger partial charge >= 0.3 is 0 Å². The van der Waals surface area contributed by atoms with Crippen molar-refractivity contribution in [1.82, 2.24) is 0 Å². The number of thiol groups is 1. The first-order chi connectivity index (χ1) is 7.69. The van der Waals surface area contributed by atoms with Crippen molar-refractivity contribution in [2.24, 2.45) is 5.92 Å². The van der Waals surface area contributed by atoms with Gasteiger partial charge in [-0.2, -0.15) is 12.6 Å². The molecule has 1 nitrogen and oxygen atoms in total. The Balaban J connectivity index is 2.64. The highest BCUT2D eigenvalue weighted by atomic mass is 32.1. The van der Waals surface area contributed by atoms with Gasteiger partial charge in [0.05, 0.1) is 5.69 Å². The fraction of sp³-hybridized carbons (Fsp3) is 0.538. The Bertz CT molecular complexity index is 317. The topological polar surface area (TPSA) is 3.24 Å². The maximum Gasteiger partial charge on any atom is 0.146 e. The molecule has 1 atom stereocenters. The van der Waals surface area contributed by atoms with Crippen LogP contribution in [0.2, 0.25) is 0 Å². The predicted octanol–water partition coefficient (Wildman–Crippen LogP) is 3.61. The summed E-state index contributed by atoms with van der Waals surface area (Å²) in [5, 5.41) is 0. The summed E-state index contributed by atoms with van der Waals surface area (Å²) in [5.41, 5.74) is 0.672. The standard InChI is InChI=1S/C13H20FNS/c1-3-6-11(10-16)9-15(2)13-8-5-4-7-12(13)14/h4-5,7-8,11,16H,3,6,9-10H2,1-2H3. The molecule has 0 saturated heterocycles. The lowest BCUT2D eigenvalue weighted by Crippen LogP contribution is -2.27. The van der Waals surface area contributed by atoms with Crippen LogP contribution in [0.15, 0.2) is 24.3 Å². The van der Waals surface area contributed by atoms with Crippen LogP contribution in [-0.4, -0.2) is 19.3 Å². The number of rotatable bonds is 6. The van der Waals surface area contributed by atoms with Crippen molar-refractivity contribution < 1.29 is 4.39 Å². The van der Waals surface area contributed by atoms with Gasteiger partial charge in [-0.15, -0.1) is 0 Å². The van der Waals surface area contributed by atoms with E-state index in [1.54, 1.807) is 6.07 Å². The van der Waals surface area contributed by atoms with Crippen LogP contribution in [0.4, 0.5) is 10.1 Å². The Kier molecular flexibility index (Phi) is 5.67. The second-order valence-corrected chi connectivity index (χ2v) is 4.53. The van der Waals surface area contributed by atoms with Gasteiger partial charge in [0.15, 0.2) is 0 Å². The lowest BCUT2D eigenvalue weighted by Gasteiger charge is -2.24. The van der Waals surface area contributed by atoms with Gasteiger partial charge in [-0.1, -0.05) is 25.5 Å². The Morgan fingerprint density at radius 2 is 2.06 bits per heavy atom. The number of anilines is 1. The molecule has 0 aliphatic heterocycles. The van der Waals surface area contributed by atoms with Crippen LogP contribution in [0, 0.1) is 11.7 Å². The van der Waals surface area contributed by atoms with Crippen molar-refractivity contribution in [3.8, 4) is 0 Å². The van der Waals surface area contributed by atoms with Crippen molar-refractivity contribution in [3.05, 3.63) is 30.1 Å². The fourth-order valence-electron chi connectivity index (χ4n) is 1.90. The molecule has 0 aliphatic rings. The van der Waals surface area contributed by atoms with E-state index in [0.717, 1.165) is 25.1 Å². The molecular weight excluding hydrogens is 221 g/mol. The van der Waals surface area contributed by atoms with E-state index >= 15 is 0 Å². The van der Waals surface area contributed by atoms with E-state index in [1.807, 2.05) is 24.1 Å². The summed E-state index contributed by atoms with van der Waals surface area (Å²) in [6, 6.07) is 6.90. The molecule has 0 heterocycles. The van der Waals surface area contributed by atoms with Crippen LogP contribution in [0.5, 0.6) is 0 Å². The summed E-state index contributed by atoms with van der Waals surface area (Å²) in [5.74, 6) is 1.23. The van der Waals surface area contributed by atoms with Crippen LogP contribution < -0.4 is 4.90 Å². The minimum absolute atomic E-state index is 0.153. The van der Waals surface area contributed by atoms with Crippen molar-refractivity contribution in [2.75, 3.05) is 24.2 Å². The number of hydrogen-bond acceptors (Lipinski definition) is 2. The summed E-state index contributed by atoms with van der Waals surface area (Å²) in [4.78, 5) is 1.98. The largest absolute Gasteiger partial charge is 0.372 e. The average molecular weight is 241 g/mol. The number of para-hydroxylation sites is 1. The molecule has 0 amide bonds. The molecule has 1 aromatic rings. The zero-order valence-electron chi connectivity index (χ0n) is 9.99. The minimum Gasteiger partial charge on any atom is -0.372 e. The van der Waals surface area contributed by atoms with Crippen LogP contribution in [0.1, 0.15) is 19.8 Å². The molecule has 0 N–H and O–H groups in total. The van der Waals surface area contributed by atoms with E-state index < -0.39 is 0 Å². The normalized spacial score (nSPS) is 12.5. The first-order valence-corrected chi connectivity index (χ1v) is 6.38. The van der Waals surface area contributed by atoms with E-state index in [9.17, 15) is 4.39 Å².